The van der Waals surface area contributed by atoms with Crippen LogP contribution in [0, 0.1) is 0 Å². The molecule has 0 amide bonds. The molecule has 0 unspecified atom stereocenters. The van der Waals surface area contributed by atoms with E-state index in [1.807, 2.05) is 4.90 Å². The van der Waals surface area contributed by atoms with Gasteiger partial charge >= 0.3 is 6.18 Å². The van der Waals surface area contributed by atoms with Crippen LogP contribution >= 0.6 is 0 Å². The van der Waals surface area contributed by atoms with Gasteiger partial charge in [0.05, 0.1) is 0 Å². The standard InChI is InChI=1S/C15H17F5N6/c1-24-7-10(13(23-24)14(16)17)8-25-2-4-26(5-3-25)12-6-11(15(18,19)20)21-9-22-12/h6-7,9,14H,2-5,8H2,1H3. The molecule has 0 spiro atoms. The van der Waals surface area contributed by atoms with Crippen molar-refractivity contribution in [3.8, 4) is 0 Å². The maximum Gasteiger partial charge on any atom is 0.433 e. The third-order valence-corrected chi connectivity index (χ3v) is 4.18. The fourth-order valence-electron chi connectivity index (χ4n) is 2.91. The molecule has 142 valence electrons. The van der Waals surface area contributed by atoms with Crippen molar-refractivity contribution < 1.29 is 22.0 Å². The Kier molecular flexibility index (Phi) is 5.08. The fraction of sp³-hybridized carbons (Fsp3) is 0.533. The Hall–Kier alpha value is -2.30. The Labute approximate surface area is 146 Å². The highest BCUT2D eigenvalue weighted by atomic mass is 19.4. The minimum absolute atomic E-state index is 0.210. The van der Waals surface area contributed by atoms with E-state index in [4.69, 9.17) is 0 Å². The minimum atomic E-state index is -4.52. The molecule has 1 aliphatic heterocycles. The molecule has 0 atom stereocenters. The third kappa shape index (κ3) is 4.09. The zero-order valence-corrected chi connectivity index (χ0v) is 13.9. The van der Waals surface area contributed by atoms with E-state index >= 15 is 0 Å². The van der Waals surface area contributed by atoms with E-state index < -0.39 is 18.3 Å². The summed E-state index contributed by atoms with van der Waals surface area (Å²) < 4.78 is 65.6. The van der Waals surface area contributed by atoms with E-state index in [-0.39, 0.29) is 11.5 Å². The fourth-order valence-corrected chi connectivity index (χ4v) is 2.91. The molecule has 1 saturated heterocycles. The molecule has 3 heterocycles. The van der Waals surface area contributed by atoms with Crippen molar-refractivity contribution >= 4 is 5.82 Å². The van der Waals surface area contributed by atoms with Crippen LogP contribution in [0.25, 0.3) is 0 Å². The summed E-state index contributed by atoms with van der Waals surface area (Å²) in [6, 6.07) is 0.922. The first-order chi connectivity index (χ1) is 12.2. The lowest BCUT2D eigenvalue weighted by Gasteiger charge is -2.35. The SMILES string of the molecule is Cn1cc(CN2CCN(c3cc(C(F)(F)F)ncn3)CC2)c(C(F)F)n1. The zero-order valence-electron chi connectivity index (χ0n) is 13.9. The van der Waals surface area contributed by atoms with Crippen molar-refractivity contribution in [2.24, 2.45) is 7.05 Å². The largest absolute Gasteiger partial charge is 0.433 e. The van der Waals surface area contributed by atoms with Crippen molar-refractivity contribution in [2.75, 3.05) is 31.1 Å². The van der Waals surface area contributed by atoms with E-state index in [9.17, 15) is 22.0 Å². The lowest BCUT2D eigenvalue weighted by molar-refractivity contribution is -0.141. The highest BCUT2D eigenvalue weighted by molar-refractivity contribution is 5.40. The van der Waals surface area contributed by atoms with E-state index in [1.165, 1.54) is 4.68 Å². The van der Waals surface area contributed by atoms with Crippen LogP contribution in [0.2, 0.25) is 0 Å². The van der Waals surface area contributed by atoms with E-state index in [0.29, 0.717) is 38.3 Å². The van der Waals surface area contributed by atoms with Gasteiger partial charge in [-0.2, -0.15) is 18.3 Å². The summed E-state index contributed by atoms with van der Waals surface area (Å²) in [5.74, 6) is 0.210. The number of aromatic nitrogens is 4. The monoisotopic (exact) mass is 376 g/mol. The number of alkyl halides is 5. The van der Waals surface area contributed by atoms with Gasteiger partial charge in [0.1, 0.15) is 23.5 Å². The van der Waals surface area contributed by atoms with Crippen molar-refractivity contribution in [3.63, 3.8) is 0 Å². The van der Waals surface area contributed by atoms with Gasteiger partial charge in [-0.1, -0.05) is 0 Å². The summed E-state index contributed by atoms with van der Waals surface area (Å²) >= 11 is 0. The zero-order chi connectivity index (χ0) is 18.9. The number of hydrogen-bond acceptors (Lipinski definition) is 5. The Morgan fingerprint density at radius 1 is 1.12 bits per heavy atom. The van der Waals surface area contributed by atoms with Gasteiger partial charge in [0, 0.05) is 57.6 Å². The molecule has 11 heteroatoms. The number of piperazine rings is 1. The molecule has 2 aromatic rings. The summed E-state index contributed by atoms with van der Waals surface area (Å²) in [7, 11) is 1.58. The molecule has 2 aromatic heterocycles. The molecular weight excluding hydrogens is 359 g/mol. The van der Waals surface area contributed by atoms with Crippen LogP contribution in [0.5, 0.6) is 0 Å². The molecule has 6 nitrogen and oxygen atoms in total. The molecule has 26 heavy (non-hydrogen) atoms. The van der Waals surface area contributed by atoms with Gasteiger partial charge in [-0.3, -0.25) is 9.58 Å². The van der Waals surface area contributed by atoms with Crippen molar-refractivity contribution in [1.82, 2.24) is 24.6 Å². The second-order valence-corrected chi connectivity index (χ2v) is 6.04. The number of hydrogen-bond donors (Lipinski definition) is 0. The van der Waals surface area contributed by atoms with Gasteiger partial charge in [0.25, 0.3) is 6.43 Å². The average molecular weight is 376 g/mol. The Balaban J connectivity index is 1.63. The van der Waals surface area contributed by atoms with Gasteiger partial charge in [-0.15, -0.1) is 0 Å². The molecule has 3 rings (SSSR count). The number of anilines is 1. The highest BCUT2D eigenvalue weighted by Gasteiger charge is 2.33. The summed E-state index contributed by atoms with van der Waals surface area (Å²) in [5, 5.41) is 3.78. The lowest BCUT2D eigenvalue weighted by Crippen LogP contribution is -2.46. The molecule has 0 bridgehead atoms. The summed E-state index contributed by atoms with van der Waals surface area (Å²) in [4.78, 5) is 10.9. The Morgan fingerprint density at radius 2 is 1.81 bits per heavy atom. The maximum atomic E-state index is 13.0. The van der Waals surface area contributed by atoms with E-state index in [1.54, 1.807) is 18.1 Å². The first-order valence-electron chi connectivity index (χ1n) is 7.91. The first kappa shape index (κ1) is 18.5. The minimum Gasteiger partial charge on any atom is -0.354 e. The van der Waals surface area contributed by atoms with E-state index in [0.717, 1.165) is 12.4 Å². The molecular formula is C15H17F5N6. The first-order valence-corrected chi connectivity index (χ1v) is 7.91. The molecule has 1 fully saturated rings. The van der Waals surface area contributed by atoms with Gasteiger partial charge in [0.15, 0.2) is 0 Å². The van der Waals surface area contributed by atoms with Gasteiger partial charge < -0.3 is 4.90 Å². The second kappa shape index (κ2) is 7.14. The van der Waals surface area contributed by atoms with Crippen LogP contribution in [0.15, 0.2) is 18.6 Å². The van der Waals surface area contributed by atoms with Crippen LogP contribution in [0.1, 0.15) is 23.4 Å². The quantitative estimate of drug-likeness (QED) is 0.768. The summed E-state index contributed by atoms with van der Waals surface area (Å²) in [6.07, 6.45) is -4.71. The number of rotatable bonds is 4. The number of nitrogens with zero attached hydrogens (tertiary/aromatic N) is 6. The van der Waals surface area contributed by atoms with E-state index in [2.05, 4.69) is 15.1 Å². The molecule has 0 aromatic carbocycles. The van der Waals surface area contributed by atoms with Crippen LogP contribution in [-0.4, -0.2) is 50.8 Å². The molecule has 0 aliphatic carbocycles. The second-order valence-electron chi connectivity index (χ2n) is 6.04. The molecule has 1 aliphatic rings. The van der Waals surface area contributed by atoms with Gasteiger partial charge in [-0.25, -0.2) is 18.7 Å². The highest BCUT2D eigenvalue weighted by Crippen LogP contribution is 2.29. The predicted octanol–water partition coefficient (Wildman–Crippen LogP) is 2.49. The van der Waals surface area contributed by atoms with Crippen LogP contribution < -0.4 is 4.90 Å². The van der Waals surface area contributed by atoms with Crippen LogP contribution in [0.4, 0.5) is 27.8 Å². The smallest absolute Gasteiger partial charge is 0.354 e. The Bertz CT molecular complexity index is 751. The normalized spacial score (nSPS) is 16.5. The molecule has 0 saturated carbocycles. The van der Waals surface area contributed by atoms with Crippen LogP contribution in [-0.2, 0) is 19.8 Å². The maximum absolute atomic E-state index is 13.0. The molecule has 0 radical (unpaired) electrons. The topological polar surface area (TPSA) is 50.1 Å². The number of aryl methyl sites for hydroxylation is 1. The molecule has 0 N–H and O–H groups in total. The van der Waals surface area contributed by atoms with Crippen molar-refractivity contribution in [2.45, 2.75) is 19.1 Å². The summed E-state index contributed by atoms with van der Waals surface area (Å²) in [6.45, 7) is 2.24. The summed E-state index contributed by atoms with van der Waals surface area (Å²) in [5.41, 5.74) is -0.764. The van der Waals surface area contributed by atoms with Gasteiger partial charge in [-0.05, 0) is 0 Å². The average Bonchev–Trinajstić information content (AvgIpc) is 2.95. The van der Waals surface area contributed by atoms with Crippen LogP contribution in [0.3, 0.4) is 0 Å². The predicted molar refractivity (Wildman–Crippen MR) is 82.7 cm³/mol. The lowest BCUT2D eigenvalue weighted by atomic mass is 10.2. The van der Waals surface area contributed by atoms with Crippen molar-refractivity contribution in [3.05, 3.63) is 35.5 Å². The third-order valence-electron chi connectivity index (χ3n) is 4.18. The van der Waals surface area contributed by atoms with Crippen molar-refractivity contribution in [1.29, 1.82) is 0 Å². The number of halogens is 5. The Morgan fingerprint density at radius 3 is 2.42 bits per heavy atom. The van der Waals surface area contributed by atoms with Gasteiger partial charge in [0.2, 0.25) is 0 Å².